The minimum absolute atomic E-state index is 0.0664. The van der Waals surface area contributed by atoms with Crippen LogP contribution in [0, 0.1) is 0 Å². The van der Waals surface area contributed by atoms with Crippen molar-refractivity contribution < 1.29 is 9.53 Å². The van der Waals surface area contributed by atoms with Crippen LogP contribution < -0.4 is 4.74 Å². The van der Waals surface area contributed by atoms with E-state index in [1.54, 1.807) is 11.3 Å². The molecule has 1 aromatic carbocycles. The number of hydrogen-bond acceptors (Lipinski definition) is 4. The van der Waals surface area contributed by atoms with Gasteiger partial charge in [-0.1, -0.05) is 27.7 Å². The number of thiazole rings is 1. The Balaban J connectivity index is 1.97. The van der Waals surface area contributed by atoms with Crippen molar-refractivity contribution in [3.8, 4) is 5.75 Å². The van der Waals surface area contributed by atoms with Crippen LogP contribution in [0.1, 0.15) is 55.2 Å². The zero-order valence-electron chi connectivity index (χ0n) is 13.0. The molecule has 0 aliphatic heterocycles. The highest BCUT2D eigenvalue weighted by Gasteiger charge is 2.17. The van der Waals surface area contributed by atoms with Crippen LogP contribution in [-0.4, -0.2) is 10.8 Å². The molecule has 0 unspecified atom stereocenters. The van der Waals surface area contributed by atoms with Gasteiger partial charge in [-0.05, 0) is 24.3 Å². The van der Waals surface area contributed by atoms with Gasteiger partial charge >= 0.3 is 0 Å². The molecule has 3 nitrogen and oxygen atoms in total. The lowest BCUT2D eigenvalue weighted by Crippen LogP contribution is -2.11. The number of rotatable bonds is 5. The molecule has 1 heterocycles. The van der Waals surface area contributed by atoms with Crippen molar-refractivity contribution in [2.75, 3.05) is 0 Å². The van der Waals surface area contributed by atoms with Crippen LogP contribution in [0.4, 0.5) is 0 Å². The summed E-state index contributed by atoms with van der Waals surface area (Å²) in [6.45, 7) is 8.77. The molecule has 0 bridgehead atoms. The minimum atomic E-state index is 0.0664. The summed E-state index contributed by atoms with van der Waals surface area (Å²) in [5, 5.41) is 3.05. The summed E-state index contributed by atoms with van der Waals surface area (Å²) in [5.74, 6) is 0.909. The fourth-order valence-corrected chi connectivity index (χ4v) is 2.74. The van der Waals surface area contributed by atoms with Gasteiger partial charge in [-0.25, -0.2) is 4.98 Å². The average molecular weight is 303 g/mol. The topological polar surface area (TPSA) is 39.2 Å². The van der Waals surface area contributed by atoms with Crippen LogP contribution in [0.3, 0.4) is 0 Å². The molecule has 2 aromatic rings. The van der Waals surface area contributed by atoms with Gasteiger partial charge in [0.1, 0.15) is 17.4 Å². The number of benzene rings is 1. The maximum absolute atomic E-state index is 11.6. The van der Waals surface area contributed by atoms with Crippen molar-refractivity contribution in [2.24, 2.45) is 0 Å². The van der Waals surface area contributed by atoms with Crippen LogP contribution in [-0.2, 0) is 12.0 Å². The molecule has 0 aliphatic rings. The van der Waals surface area contributed by atoms with Crippen molar-refractivity contribution in [3.63, 3.8) is 0 Å². The second-order valence-electron chi connectivity index (χ2n) is 5.97. The zero-order chi connectivity index (χ0) is 15.5. The molecule has 0 spiro atoms. The first-order chi connectivity index (χ1) is 9.90. The number of nitrogens with zero attached hydrogens (tertiary/aromatic N) is 1. The second-order valence-corrected chi connectivity index (χ2v) is 6.91. The van der Waals surface area contributed by atoms with Crippen molar-refractivity contribution in [3.05, 3.63) is 45.9 Å². The third kappa shape index (κ3) is 4.14. The highest BCUT2D eigenvalue weighted by Crippen LogP contribution is 2.24. The average Bonchev–Trinajstić information content (AvgIpc) is 2.94. The zero-order valence-corrected chi connectivity index (χ0v) is 13.8. The Morgan fingerprint density at radius 2 is 1.90 bits per heavy atom. The predicted molar refractivity (Wildman–Crippen MR) is 86.2 cm³/mol. The summed E-state index contributed by atoms with van der Waals surface area (Å²) in [4.78, 5) is 16.1. The lowest BCUT2D eigenvalue weighted by atomic mass is 9.93. The monoisotopic (exact) mass is 303 g/mol. The Morgan fingerprint density at radius 3 is 2.43 bits per heavy atom. The largest absolute Gasteiger partial charge is 0.486 e. The third-order valence-electron chi connectivity index (χ3n) is 3.18. The van der Waals surface area contributed by atoms with Crippen molar-refractivity contribution >= 4 is 17.1 Å². The Kier molecular flexibility index (Phi) is 4.78. The van der Waals surface area contributed by atoms with E-state index in [1.165, 1.54) is 0 Å². The van der Waals surface area contributed by atoms with Gasteiger partial charge in [0.25, 0.3) is 0 Å². The van der Waals surface area contributed by atoms with Gasteiger partial charge in [0.15, 0.2) is 5.78 Å². The van der Waals surface area contributed by atoms with Gasteiger partial charge in [-0.3, -0.25) is 4.79 Å². The Labute approximate surface area is 130 Å². The molecular weight excluding hydrogens is 282 g/mol. The van der Waals surface area contributed by atoms with Crippen LogP contribution in [0.15, 0.2) is 29.6 Å². The number of aromatic nitrogens is 1. The van der Waals surface area contributed by atoms with E-state index >= 15 is 0 Å². The molecule has 0 atom stereocenters. The lowest BCUT2D eigenvalue weighted by molar-refractivity contribution is 0.0988. The van der Waals surface area contributed by atoms with Crippen LogP contribution in [0.5, 0.6) is 5.75 Å². The summed E-state index contributed by atoms with van der Waals surface area (Å²) < 4.78 is 5.72. The van der Waals surface area contributed by atoms with Gasteiger partial charge in [-0.15, -0.1) is 11.3 Å². The summed E-state index contributed by atoms with van der Waals surface area (Å²) >= 11 is 1.62. The van der Waals surface area contributed by atoms with Crippen LogP contribution >= 0.6 is 11.3 Å². The molecule has 112 valence electrons. The molecule has 0 N–H and O–H groups in total. The van der Waals surface area contributed by atoms with Crippen LogP contribution in [0.2, 0.25) is 0 Å². The Morgan fingerprint density at radius 1 is 1.24 bits per heavy atom. The first-order valence-electron chi connectivity index (χ1n) is 7.11. The molecule has 0 saturated heterocycles. The lowest BCUT2D eigenvalue weighted by Gasteiger charge is -2.14. The minimum Gasteiger partial charge on any atom is -0.486 e. The summed E-state index contributed by atoms with van der Waals surface area (Å²) in [5.41, 5.74) is 1.89. The van der Waals surface area contributed by atoms with E-state index in [4.69, 9.17) is 4.74 Å². The quantitative estimate of drug-likeness (QED) is 0.757. The van der Waals surface area contributed by atoms with E-state index in [-0.39, 0.29) is 11.2 Å². The normalized spacial score (nSPS) is 11.4. The molecular formula is C17H21NO2S. The fraction of sp³-hybridized carbons (Fsp3) is 0.412. The number of Topliss-reactive ketones (excluding diaryl/α,β-unsaturated/α-hetero) is 1. The fourth-order valence-electron chi connectivity index (χ4n) is 1.81. The third-order valence-corrected chi connectivity index (χ3v) is 4.00. The van der Waals surface area contributed by atoms with Crippen LogP contribution in [0.25, 0.3) is 0 Å². The first-order valence-corrected chi connectivity index (χ1v) is 7.99. The first kappa shape index (κ1) is 15.7. The Hall–Kier alpha value is -1.68. The van der Waals surface area contributed by atoms with Crippen molar-refractivity contribution in [1.29, 1.82) is 0 Å². The highest BCUT2D eigenvalue weighted by molar-refractivity contribution is 7.09. The molecule has 0 amide bonds. The summed E-state index contributed by atoms with van der Waals surface area (Å²) in [6.07, 6.45) is 0.523. The SMILES string of the molecule is CCC(=O)c1ccc(OCc2nc(C(C)(C)C)cs2)cc1. The van der Waals surface area contributed by atoms with Gasteiger partial charge < -0.3 is 4.74 Å². The predicted octanol–water partition coefficient (Wildman–Crippen LogP) is 4.61. The molecule has 0 aliphatic carbocycles. The molecule has 0 saturated carbocycles. The number of carbonyl (C=O) groups excluding carboxylic acids is 1. The second kappa shape index (κ2) is 6.39. The van der Waals surface area contributed by atoms with Gasteiger partial charge in [0.05, 0.1) is 5.69 Å². The summed E-state index contributed by atoms with van der Waals surface area (Å²) in [6, 6.07) is 7.29. The van der Waals surface area contributed by atoms with Gasteiger partial charge in [-0.2, -0.15) is 0 Å². The molecule has 4 heteroatoms. The van der Waals surface area contributed by atoms with E-state index in [0.29, 0.717) is 13.0 Å². The maximum Gasteiger partial charge on any atom is 0.162 e. The number of ether oxygens (including phenoxy) is 1. The molecule has 2 rings (SSSR count). The standard InChI is InChI=1S/C17H21NO2S/c1-5-14(19)12-6-8-13(9-7-12)20-10-16-18-15(11-21-16)17(2,3)4/h6-9,11H,5,10H2,1-4H3. The van der Waals surface area contributed by atoms with Crippen molar-refractivity contribution in [1.82, 2.24) is 4.98 Å². The molecule has 0 fully saturated rings. The summed E-state index contributed by atoms with van der Waals surface area (Å²) in [7, 11) is 0. The smallest absolute Gasteiger partial charge is 0.162 e. The Bertz CT molecular complexity index is 608. The van der Waals surface area contributed by atoms with E-state index in [2.05, 4.69) is 31.1 Å². The van der Waals surface area contributed by atoms with E-state index < -0.39 is 0 Å². The van der Waals surface area contributed by atoms with Gasteiger partial charge in [0.2, 0.25) is 0 Å². The van der Waals surface area contributed by atoms with E-state index in [1.807, 2.05) is 31.2 Å². The van der Waals surface area contributed by atoms with E-state index in [9.17, 15) is 4.79 Å². The van der Waals surface area contributed by atoms with Crippen molar-refractivity contribution in [2.45, 2.75) is 46.1 Å². The molecule has 0 radical (unpaired) electrons. The molecule has 1 aromatic heterocycles. The highest BCUT2D eigenvalue weighted by atomic mass is 32.1. The molecule has 21 heavy (non-hydrogen) atoms. The van der Waals surface area contributed by atoms with E-state index in [0.717, 1.165) is 22.0 Å². The maximum atomic E-state index is 11.6. The number of carbonyl (C=O) groups is 1. The number of hydrogen-bond donors (Lipinski definition) is 0. The van der Waals surface area contributed by atoms with Gasteiger partial charge in [0, 0.05) is 22.8 Å². The number of ketones is 1.